The lowest BCUT2D eigenvalue weighted by Gasteiger charge is -2.22. The van der Waals surface area contributed by atoms with E-state index < -0.39 is 0 Å². The van der Waals surface area contributed by atoms with Crippen LogP contribution in [0, 0.1) is 5.92 Å². The highest BCUT2D eigenvalue weighted by molar-refractivity contribution is 7.13. The molecule has 0 spiro atoms. The predicted molar refractivity (Wildman–Crippen MR) is 76.4 cm³/mol. The predicted octanol–water partition coefficient (Wildman–Crippen LogP) is 2.58. The zero-order chi connectivity index (χ0) is 12.9. The zero-order valence-corrected chi connectivity index (χ0v) is 11.5. The summed E-state index contributed by atoms with van der Waals surface area (Å²) in [5.74, 6) is 1.22. The van der Waals surface area contributed by atoms with Gasteiger partial charge in [0, 0.05) is 24.9 Å². The van der Waals surface area contributed by atoms with Crippen molar-refractivity contribution in [3.05, 3.63) is 29.9 Å². The topological polar surface area (TPSA) is 47.0 Å². The molecule has 100 valence electrons. The smallest absolute Gasteiger partial charge is 0.241 e. The molecule has 3 rings (SSSR count). The Morgan fingerprint density at radius 2 is 2.32 bits per heavy atom. The highest BCUT2D eigenvalue weighted by atomic mass is 32.1. The van der Waals surface area contributed by atoms with Crippen LogP contribution in [-0.2, 0) is 0 Å². The summed E-state index contributed by atoms with van der Waals surface area (Å²) in [6.07, 6.45) is 5.85. The quantitative estimate of drug-likeness (QED) is 0.931. The molecule has 4 nitrogen and oxygen atoms in total. The summed E-state index contributed by atoms with van der Waals surface area (Å²) in [4.78, 5) is 9.81. The van der Waals surface area contributed by atoms with Gasteiger partial charge >= 0.3 is 0 Å². The number of nitrogens with zero attached hydrogens (tertiary/aromatic N) is 2. The van der Waals surface area contributed by atoms with Gasteiger partial charge in [-0.25, -0.2) is 9.97 Å². The Kier molecular flexibility index (Phi) is 4.05. The van der Waals surface area contributed by atoms with Gasteiger partial charge < -0.3 is 10.1 Å². The van der Waals surface area contributed by atoms with Gasteiger partial charge in [-0.05, 0) is 30.8 Å². The third kappa shape index (κ3) is 3.11. The third-order valence-electron chi connectivity index (χ3n) is 3.27. The summed E-state index contributed by atoms with van der Waals surface area (Å²) in [5, 5.41) is 5.44. The Morgan fingerprint density at radius 3 is 3.11 bits per heavy atom. The second-order valence-electron chi connectivity index (χ2n) is 4.71. The van der Waals surface area contributed by atoms with Crippen molar-refractivity contribution < 1.29 is 4.74 Å². The van der Waals surface area contributed by atoms with Crippen LogP contribution in [0.2, 0.25) is 0 Å². The minimum Gasteiger partial charge on any atom is -0.476 e. The highest BCUT2D eigenvalue weighted by Gasteiger charge is 2.16. The maximum absolute atomic E-state index is 5.89. The molecule has 0 radical (unpaired) electrons. The van der Waals surface area contributed by atoms with E-state index in [1.165, 1.54) is 12.8 Å². The monoisotopic (exact) mass is 275 g/mol. The lowest BCUT2D eigenvalue weighted by atomic mass is 10.0. The van der Waals surface area contributed by atoms with E-state index in [-0.39, 0.29) is 0 Å². The summed E-state index contributed by atoms with van der Waals surface area (Å²) in [5.41, 5.74) is 0.848. The van der Waals surface area contributed by atoms with Gasteiger partial charge in [-0.15, -0.1) is 11.3 Å². The molecule has 0 aliphatic carbocycles. The molecule has 0 amide bonds. The fourth-order valence-electron chi connectivity index (χ4n) is 2.28. The first kappa shape index (κ1) is 12.6. The molecule has 1 unspecified atom stereocenters. The maximum Gasteiger partial charge on any atom is 0.241 e. The Labute approximate surface area is 116 Å². The number of thiophene rings is 1. The van der Waals surface area contributed by atoms with Crippen molar-refractivity contribution in [3.8, 4) is 16.5 Å². The standard InChI is InChI=1S/C14H17N3OS/c1-3-11(9-15-5-1)10-18-14-13(16-6-7-17-14)12-4-2-8-19-12/h2,4,6-8,11,15H,1,3,5,9-10H2. The summed E-state index contributed by atoms with van der Waals surface area (Å²) in [6, 6.07) is 4.06. The lowest BCUT2D eigenvalue weighted by Crippen LogP contribution is -2.33. The lowest BCUT2D eigenvalue weighted by molar-refractivity contribution is 0.212. The molecule has 0 bridgehead atoms. The first-order chi connectivity index (χ1) is 9.43. The minimum atomic E-state index is 0.576. The number of ether oxygens (including phenoxy) is 1. The maximum atomic E-state index is 5.89. The molecule has 3 heterocycles. The molecule has 19 heavy (non-hydrogen) atoms. The normalized spacial score (nSPS) is 19.3. The molecule has 0 saturated carbocycles. The number of hydrogen-bond acceptors (Lipinski definition) is 5. The summed E-state index contributed by atoms with van der Waals surface area (Å²) in [6.45, 7) is 2.88. The zero-order valence-electron chi connectivity index (χ0n) is 10.7. The first-order valence-corrected chi connectivity index (χ1v) is 7.50. The molecule has 1 saturated heterocycles. The average molecular weight is 275 g/mol. The van der Waals surface area contributed by atoms with Crippen LogP contribution in [0.1, 0.15) is 12.8 Å². The van der Waals surface area contributed by atoms with E-state index >= 15 is 0 Å². The van der Waals surface area contributed by atoms with Crippen molar-refractivity contribution in [1.29, 1.82) is 0 Å². The molecule has 5 heteroatoms. The van der Waals surface area contributed by atoms with E-state index in [0.717, 1.165) is 23.7 Å². The van der Waals surface area contributed by atoms with Gasteiger partial charge in [0.15, 0.2) is 0 Å². The van der Waals surface area contributed by atoms with Crippen LogP contribution in [0.4, 0.5) is 0 Å². The Morgan fingerprint density at radius 1 is 1.37 bits per heavy atom. The third-order valence-corrected chi connectivity index (χ3v) is 4.15. The van der Waals surface area contributed by atoms with Crippen LogP contribution in [0.3, 0.4) is 0 Å². The van der Waals surface area contributed by atoms with Crippen LogP contribution in [0.25, 0.3) is 10.6 Å². The summed E-state index contributed by atoms with van der Waals surface area (Å²) < 4.78 is 5.89. The van der Waals surface area contributed by atoms with Crippen LogP contribution in [0.15, 0.2) is 29.9 Å². The van der Waals surface area contributed by atoms with E-state index in [4.69, 9.17) is 4.74 Å². The van der Waals surface area contributed by atoms with Gasteiger partial charge in [-0.3, -0.25) is 0 Å². The van der Waals surface area contributed by atoms with Gasteiger partial charge in [-0.1, -0.05) is 6.07 Å². The number of aromatic nitrogens is 2. The van der Waals surface area contributed by atoms with E-state index in [0.29, 0.717) is 18.4 Å². The number of piperidine rings is 1. The van der Waals surface area contributed by atoms with Crippen LogP contribution in [0.5, 0.6) is 5.88 Å². The summed E-state index contributed by atoms with van der Waals surface area (Å²) in [7, 11) is 0. The van der Waals surface area contributed by atoms with Crippen molar-refractivity contribution in [3.63, 3.8) is 0 Å². The first-order valence-electron chi connectivity index (χ1n) is 6.62. The van der Waals surface area contributed by atoms with Gasteiger partial charge in [0.25, 0.3) is 0 Å². The van der Waals surface area contributed by atoms with Crippen molar-refractivity contribution in [2.75, 3.05) is 19.7 Å². The van der Waals surface area contributed by atoms with Crippen LogP contribution < -0.4 is 10.1 Å². The van der Waals surface area contributed by atoms with E-state index in [9.17, 15) is 0 Å². The van der Waals surface area contributed by atoms with Gasteiger partial charge in [0.2, 0.25) is 5.88 Å². The number of hydrogen-bond donors (Lipinski definition) is 1. The Hall–Kier alpha value is -1.46. The molecular formula is C14H17N3OS. The van der Waals surface area contributed by atoms with Crippen LogP contribution in [-0.4, -0.2) is 29.7 Å². The van der Waals surface area contributed by atoms with Crippen molar-refractivity contribution in [2.24, 2.45) is 5.92 Å². The molecule has 1 N–H and O–H groups in total. The number of nitrogens with one attached hydrogen (secondary N) is 1. The van der Waals surface area contributed by atoms with Crippen molar-refractivity contribution in [2.45, 2.75) is 12.8 Å². The molecule has 2 aromatic heterocycles. The largest absolute Gasteiger partial charge is 0.476 e. The minimum absolute atomic E-state index is 0.576. The van der Waals surface area contributed by atoms with Gasteiger partial charge in [0.05, 0.1) is 11.5 Å². The Balaban J connectivity index is 1.70. The molecule has 1 atom stereocenters. The SMILES string of the molecule is c1csc(-c2nccnc2OCC2CCCNC2)c1. The van der Waals surface area contributed by atoms with Crippen molar-refractivity contribution in [1.82, 2.24) is 15.3 Å². The molecule has 1 fully saturated rings. The average Bonchev–Trinajstić information content (AvgIpc) is 3.01. The van der Waals surface area contributed by atoms with Gasteiger partial charge in [-0.2, -0.15) is 0 Å². The van der Waals surface area contributed by atoms with E-state index in [1.54, 1.807) is 23.7 Å². The highest BCUT2D eigenvalue weighted by Crippen LogP contribution is 2.29. The Bertz CT molecular complexity index is 509. The fourth-order valence-corrected chi connectivity index (χ4v) is 2.99. The van der Waals surface area contributed by atoms with Gasteiger partial charge in [0.1, 0.15) is 5.69 Å². The van der Waals surface area contributed by atoms with Crippen molar-refractivity contribution >= 4 is 11.3 Å². The second kappa shape index (κ2) is 6.12. The fraction of sp³-hybridized carbons (Fsp3) is 0.429. The summed E-state index contributed by atoms with van der Waals surface area (Å²) >= 11 is 1.66. The molecule has 1 aliphatic heterocycles. The molecule has 1 aliphatic rings. The molecule has 2 aromatic rings. The molecule has 0 aromatic carbocycles. The second-order valence-corrected chi connectivity index (χ2v) is 5.66. The van der Waals surface area contributed by atoms with E-state index in [2.05, 4.69) is 15.3 Å². The van der Waals surface area contributed by atoms with Crippen LogP contribution >= 0.6 is 11.3 Å². The number of rotatable bonds is 4. The van der Waals surface area contributed by atoms with E-state index in [1.807, 2.05) is 17.5 Å². The molecular weight excluding hydrogens is 258 g/mol.